The van der Waals surface area contributed by atoms with Crippen molar-refractivity contribution in [3.63, 3.8) is 0 Å². The molecule has 1 saturated heterocycles. The van der Waals surface area contributed by atoms with Crippen LogP contribution in [0.3, 0.4) is 0 Å². The van der Waals surface area contributed by atoms with Crippen molar-refractivity contribution in [3.05, 3.63) is 29.8 Å². The molecule has 0 radical (unpaired) electrons. The number of aryl methyl sites for hydroxylation is 1. The summed E-state index contributed by atoms with van der Waals surface area (Å²) in [6, 6.07) is 8.29. The van der Waals surface area contributed by atoms with Gasteiger partial charge in [0.2, 0.25) is 5.91 Å². The minimum atomic E-state index is 0.288. The van der Waals surface area contributed by atoms with Gasteiger partial charge >= 0.3 is 0 Å². The van der Waals surface area contributed by atoms with Gasteiger partial charge in [0, 0.05) is 19.5 Å². The molecule has 24 heavy (non-hydrogen) atoms. The Kier molecular flexibility index (Phi) is 6.13. The van der Waals surface area contributed by atoms with E-state index >= 15 is 0 Å². The van der Waals surface area contributed by atoms with Crippen LogP contribution in [0.25, 0.3) is 0 Å². The van der Waals surface area contributed by atoms with Crippen molar-refractivity contribution in [3.8, 4) is 5.75 Å². The molecule has 0 aromatic heterocycles. The predicted octanol–water partition coefficient (Wildman–Crippen LogP) is 3.01. The second-order valence-corrected chi connectivity index (χ2v) is 7.22. The van der Waals surface area contributed by atoms with Gasteiger partial charge in [-0.1, -0.05) is 12.1 Å². The largest absolute Gasteiger partial charge is 0.490 e. The molecular weight excluding hydrogens is 300 g/mol. The van der Waals surface area contributed by atoms with Crippen LogP contribution in [0.15, 0.2) is 24.3 Å². The lowest BCUT2D eigenvalue weighted by molar-refractivity contribution is -0.130. The predicted molar refractivity (Wildman–Crippen MR) is 96.3 cm³/mol. The number of benzene rings is 1. The molecule has 1 aromatic carbocycles. The average Bonchev–Trinajstić information content (AvgIpc) is 3.25. The highest BCUT2D eigenvalue weighted by molar-refractivity contribution is 5.76. The molecule has 2 fully saturated rings. The summed E-state index contributed by atoms with van der Waals surface area (Å²) in [4.78, 5) is 14.4. The third kappa shape index (κ3) is 4.73. The first-order chi connectivity index (χ1) is 11.7. The number of rotatable bonds is 7. The fourth-order valence-corrected chi connectivity index (χ4v) is 3.90. The van der Waals surface area contributed by atoms with E-state index in [1.165, 1.54) is 31.2 Å². The molecule has 4 heteroatoms. The van der Waals surface area contributed by atoms with E-state index in [9.17, 15) is 4.79 Å². The van der Waals surface area contributed by atoms with Crippen molar-refractivity contribution in [2.24, 2.45) is 5.92 Å². The van der Waals surface area contributed by atoms with E-state index in [1.807, 2.05) is 24.1 Å². The first kappa shape index (κ1) is 17.3. The highest BCUT2D eigenvalue weighted by atomic mass is 16.5. The van der Waals surface area contributed by atoms with Crippen molar-refractivity contribution in [1.82, 2.24) is 10.2 Å². The topological polar surface area (TPSA) is 41.6 Å². The van der Waals surface area contributed by atoms with Gasteiger partial charge in [0.05, 0.1) is 6.10 Å². The lowest BCUT2D eigenvalue weighted by Crippen LogP contribution is -2.30. The van der Waals surface area contributed by atoms with Crippen LogP contribution in [-0.4, -0.2) is 43.6 Å². The van der Waals surface area contributed by atoms with Gasteiger partial charge in [-0.3, -0.25) is 4.79 Å². The molecule has 1 atom stereocenters. The van der Waals surface area contributed by atoms with Crippen molar-refractivity contribution in [2.75, 3.05) is 26.7 Å². The van der Waals surface area contributed by atoms with Gasteiger partial charge in [-0.15, -0.1) is 0 Å². The Balaban J connectivity index is 1.46. The molecule has 2 aliphatic rings. The molecule has 1 aromatic rings. The van der Waals surface area contributed by atoms with Crippen LogP contribution < -0.4 is 10.1 Å². The Labute approximate surface area is 145 Å². The maximum Gasteiger partial charge on any atom is 0.222 e. The number of ether oxygens (including phenoxy) is 1. The van der Waals surface area contributed by atoms with Crippen LogP contribution in [0.2, 0.25) is 0 Å². The van der Waals surface area contributed by atoms with Gasteiger partial charge in [-0.05, 0) is 75.7 Å². The first-order valence-corrected chi connectivity index (χ1v) is 9.42. The summed E-state index contributed by atoms with van der Waals surface area (Å²) >= 11 is 0. The fraction of sp³-hybridized carbons (Fsp3) is 0.650. The summed E-state index contributed by atoms with van der Waals surface area (Å²) in [5.74, 6) is 1.86. The molecule has 1 N–H and O–H groups in total. The second kappa shape index (κ2) is 8.52. The first-order valence-electron chi connectivity index (χ1n) is 9.42. The number of nitrogens with zero attached hydrogens (tertiary/aromatic N) is 1. The molecule has 132 valence electrons. The van der Waals surface area contributed by atoms with Crippen molar-refractivity contribution in [2.45, 2.75) is 51.0 Å². The minimum Gasteiger partial charge on any atom is -0.490 e. The molecule has 1 amide bonds. The standard InChI is InChI=1S/C20H30N2O2/c1-21-14-17-11-12-22(15-17)20(23)10-9-16-5-4-8-19(13-16)24-18-6-2-3-7-18/h4-5,8,13,17-18,21H,2-3,6-7,9-12,14-15H2,1H3. The summed E-state index contributed by atoms with van der Waals surface area (Å²) < 4.78 is 6.06. The molecule has 4 nitrogen and oxygen atoms in total. The molecule has 1 aliphatic heterocycles. The summed E-state index contributed by atoms with van der Waals surface area (Å²) in [7, 11) is 1.98. The smallest absolute Gasteiger partial charge is 0.222 e. The summed E-state index contributed by atoms with van der Waals surface area (Å²) in [6.45, 7) is 2.82. The molecule has 1 unspecified atom stereocenters. The van der Waals surface area contributed by atoms with E-state index < -0.39 is 0 Å². The quantitative estimate of drug-likeness (QED) is 0.835. The third-order valence-corrected chi connectivity index (χ3v) is 5.26. The van der Waals surface area contributed by atoms with Crippen molar-refractivity contribution < 1.29 is 9.53 Å². The van der Waals surface area contributed by atoms with Gasteiger partial charge < -0.3 is 15.0 Å². The normalized spacial score (nSPS) is 21.4. The molecule has 1 aliphatic carbocycles. The maximum atomic E-state index is 12.4. The highest BCUT2D eigenvalue weighted by Crippen LogP contribution is 2.25. The SMILES string of the molecule is CNCC1CCN(C(=O)CCc2cccc(OC3CCCC3)c2)C1. The zero-order chi connectivity index (χ0) is 16.8. The number of hydrogen-bond acceptors (Lipinski definition) is 3. The number of likely N-dealkylation sites (tertiary alicyclic amines) is 1. The minimum absolute atomic E-state index is 0.288. The number of carbonyl (C=O) groups is 1. The van der Waals surface area contributed by atoms with E-state index in [0.29, 0.717) is 18.4 Å². The van der Waals surface area contributed by atoms with E-state index in [-0.39, 0.29) is 5.91 Å². The summed E-state index contributed by atoms with van der Waals surface area (Å²) in [5.41, 5.74) is 1.20. The van der Waals surface area contributed by atoms with E-state index in [0.717, 1.165) is 38.2 Å². The molecule has 0 bridgehead atoms. The van der Waals surface area contributed by atoms with Gasteiger partial charge in [0.25, 0.3) is 0 Å². The van der Waals surface area contributed by atoms with Crippen LogP contribution >= 0.6 is 0 Å². The lowest BCUT2D eigenvalue weighted by Gasteiger charge is -2.17. The van der Waals surface area contributed by atoms with Gasteiger partial charge in [-0.2, -0.15) is 0 Å². The second-order valence-electron chi connectivity index (χ2n) is 7.22. The maximum absolute atomic E-state index is 12.4. The molecule has 3 rings (SSSR count). The Hall–Kier alpha value is -1.55. The van der Waals surface area contributed by atoms with Gasteiger partial charge in [0.15, 0.2) is 0 Å². The Bertz CT molecular complexity index is 540. The average molecular weight is 330 g/mol. The zero-order valence-corrected chi connectivity index (χ0v) is 14.8. The lowest BCUT2D eigenvalue weighted by atomic mass is 10.1. The van der Waals surface area contributed by atoms with E-state index in [1.54, 1.807) is 0 Å². The Morgan fingerprint density at radius 1 is 1.29 bits per heavy atom. The highest BCUT2D eigenvalue weighted by Gasteiger charge is 2.25. The van der Waals surface area contributed by atoms with Crippen LogP contribution in [0.4, 0.5) is 0 Å². The Morgan fingerprint density at radius 2 is 2.12 bits per heavy atom. The van der Waals surface area contributed by atoms with Crippen LogP contribution in [0, 0.1) is 5.92 Å². The molecule has 1 saturated carbocycles. The number of hydrogen-bond donors (Lipinski definition) is 1. The number of amides is 1. The van der Waals surface area contributed by atoms with Crippen LogP contribution in [0.5, 0.6) is 5.75 Å². The van der Waals surface area contributed by atoms with E-state index in [2.05, 4.69) is 17.4 Å². The molecule has 0 spiro atoms. The fourth-order valence-electron chi connectivity index (χ4n) is 3.90. The van der Waals surface area contributed by atoms with Crippen molar-refractivity contribution >= 4 is 5.91 Å². The van der Waals surface area contributed by atoms with E-state index in [4.69, 9.17) is 4.74 Å². The van der Waals surface area contributed by atoms with Crippen LogP contribution in [0.1, 0.15) is 44.1 Å². The zero-order valence-electron chi connectivity index (χ0n) is 14.8. The number of nitrogens with one attached hydrogen (secondary N) is 1. The van der Waals surface area contributed by atoms with Crippen LogP contribution in [-0.2, 0) is 11.2 Å². The number of carbonyl (C=O) groups excluding carboxylic acids is 1. The molecular formula is C20H30N2O2. The third-order valence-electron chi connectivity index (χ3n) is 5.26. The summed E-state index contributed by atoms with van der Waals surface area (Å²) in [6.07, 6.45) is 7.81. The van der Waals surface area contributed by atoms with Crippen molar-refractivity contribution in [1.29, 1.82) is 0 Å². The van der Waals surface area contributed by atoms with Gasteiger partial charge in [-0.25, -0.2) is 0 Å². The summed E-state index contributed by atoms with van der Waals surface area (Å²) in [5, 5.41) is 3.21. The Morgan fingerprint density at radius 3 is 2.92 bits per heavy atom. The van der Waals surface area contributed by atoms with Gasteiger partial charge in [0.1, 0.15) is 5.75 Å². The molecule has 1 heterocycles. The monoisotopic (exact) mass is 330 g/mol.